The molecule has 2 N–H and O–H groups in total. The maximum absolute atomic E-state index is 6.29. The molecular formula is C15H21ClN4. The molecule has 0 spiro atoms. The number of nitrogens with two attached hydrogens (primary N) is 1. The van der Waals surface area contributed by atoms with E-state index in [9.17, 15) is 0 Å². The number of fused-ring (bicyclic) bond motifs is 1. The number of hydrogen-bond acceptors (Lipinski definition) is 3. The minimum atomic E-state index is 0.549. The van der Waals surface area contributed by atoms with Crippen LogP contribution in [0.15, 0.2) is 18.2 Å². The number of nitrogen functional groups attached to an aromatic ring is 1. The molecule has 0 unspecified atom stereocenters. The van der Waals surface area contributed by atoms with Crippen molar-refractivity contribution in [1.29, 1.82) is 0 Å². The molecule has 1 aromatic carbocycles. The van der Waals surface area contributed by atoms with Gasteiger partial charge in [-0.05, 0) is 32.0 Å². The van der Waals surface area contributed by atoms with Gasteiger partial charge in [-0.3, -0.25) is 0 Å². The topological polar surface area (TPSA) is 47.1 Å². The Morgan fingerprint density at radius 3 is 2.90 bits per heavy atom. The van der Waals surface area contributed by atoms with Crippen molar-refractivity contribution < 1.29 is 0 Å². The highest BCUT2D eigenvalue weighted by Gasteiger charge is 2.20. The minimum Gasteiger partial charge on any atom is -0.369 e. The van der Waals surface area contributed by atoms with Gasteiger partial charge in [0, 0.05) is 19.1 Å². The van der Waals surface area contributed by atoms with Crippen molar-refractivity contribution >= 4 is 28.6 Å². The number of hydrogen-bond donors (Lipinski definition) is 1. The summed E-state index contributed by atoms with van der Waals surface area (Å²) in [5.41, 5.74) is 7.86. The lowest BCUT2D eigenvalue weighted by molar-refractivity contribution is 0.238. The van der Waals surface area contributed by atoms with Gasteiger partial charge in [0.2, 0.25) is 5.95 Å². The largest absolute Gasteiger partial charge is 0.369 e. The fourth-order valence-electron chi connectivity index (χ4n) is 3.17. The highest BCUT2D eigenvalue weighted by atomic mass is 35.5. The van der Waals surface area contributed by atoms with Gasteiger partial charge in [-0.2, -0.15) is 0 Å². The van der Waals surface area contributed by atoms with Crippen LogP contribution in [0.3, 0.4) is 0 Å². The quantitative estimate of drug-likeness (QED) is 0.942. The molecule has 0 saturated heterocycles. The lowest BCUT2D eigenvalue weighted by Crippen LogP contribution is -2.32. The summed E-state index contributed by atoms with van der Waals surface area (Å²) < 4.78 is 2.03. The second kappa shape index (κ2) is 5.62. The Morgan fingerprint density at radius 2 is 2.15 bits per heavy atom. The molecule has 0 atom stereocenters. The highest BCUT2D eigenvalue weighted by Crippen LogP contribution is 2.26. The number of halogens is 1. The number of likely N-dealkylation sites (N-methyl/N-ethyl adjacent to an activating group) is 1. The smallest absolute Gasteiger partial charge is 0.201 e. The molecule has 1 aliphatic rings. The Labute approximate surface area is 124 Å². The van der Waals surface area contributed by atoms with Crippen LogP contribution in [0.2, 0.25) is 5.02 Å². The Morgan fingerprint density at radius 1 is 1.40 bits per heavy atom. The number of imidazole rings is 1. The van der Waals surface area contributed by atoms with Crippen LogP contribution in [0, 0.1) is 0 Å². The second-order valence-electron chi connectivity index (χ2n) is 5.65. The second-order valence-corrected chi connectivity index (χ2v) is 6.06. The molecule has 1 heterocycles. The first-order valence-electron chi connectivity index (χ1n) is 7.27. The van der Waals surface area contributed by atoms with E-state index < -0.39 is 0 Å². The number of anilines is 1. The van der Waals surface area contributed by atoms with E-state index in [-0.39, 0.29) is 0 Å². The summed E-state index contributed by atoms with van der Waals surface area (Å²) in [6.07, 6.45) is 5.35. The van der Waals surface area contributed by atoms with Crippen molar-refractivity contribution in [3.63, 3.8) is 0 Å². The number of benzene rings is 1. The molecule has 108 valence electrons. The number of nitrogens with zero attached hydrogens (tertiary/aromatic N) is 3. The van der Waals surface area contributed by atoms with Crippen LogP contribution < -0.4 is 5.73 Å². The summed E-state index contributed by atoms with van der Waals surface area (Å²) in [5, 5.41) is 0.718. The molecule has 20 heavy (non-hydrogen) atoms. The average molecular weight is 293 g/mol. The summed E-state index contributed by atoms with van der Waals surface area (Å²) in [4.78, 5) is 6.83. The molecule has 4 nitrogen and oxygen atoms in total. The van der Waals surface area contributed by atoms with Crippen LogP contribution in [0.5, 0.6) is 0 Å². The predicted molar refractivity (Wildman–Crippen MR) is 84.0 cm³/mol. The summed E-state index contributed by atoms with van der Waals surface area (Å²) in [5.74, 6) is 0.549. The Bertz CT molecular complexity index is 601. The average Bonchev–Trinajstić information content (AvgIpc) is 3.04. The van der Waals surface area contributed by atoms with Crippen LogP contribution >= 0.6 is 11.6 Å². The van der Waals surface area contributed by atoms with Crippen molar-refractivity contribution in [2.45, 2.75) is 38.3 Å². The van der Waals surface area contributed by atoms with E-state index in [1.165, 1.54) is 25.7 Å². The zero-order valence-corrected chi connectivity index (χ0v) is 12.6. The van der Waals surface area contributed by atoms with E-state index in [1.807, 2.05) is 22.8 Å². The predicted octanol–water partition coefficient (Wildman–Crippen LogP) is 3.15. The van der Waals surface area contributed by atoms with E-state index in [2.05, 4.69) is 16.9 Å². The zero-order chi connectivity index (χ0) is 14.1. The van der Waals surface area contributed by atoms with Crippen molar-refractivity contribution in [2.75, 3.05) is 19.3 Å². The molecule has 5 heteroatoms. The van der Waals surface area contributed by atoms with Crippen LogP contribution in [-0.2, 0) is 6.54 Å². The van der Waals surface area contributed by atoms with Crippen molar-refractivity contribution in [1.82, 2.24) is 14.5 Å². The van der Waals surface area contributed by atoms with E-state index in [4.69, 9.17) is 17.3 Å². The van der Waals surface area contributed by atoms with Crippen molar-refractivity contribution in [3.05, 3.63) is 23.2 Å². The molecular weight excluding hydrogens is 272 g/mol. The van der Waals surface area contributed by atoms with Gasteiger partial charge in [0.15, 0.2) is 0 Å². The van der Waals surface area contributed by atoms with Gasteiger partial charge in [0.1, 0.15) is 0 Å². The maximum atomic E-state index is 6.29. The fourth-order valence-corrected chi connectivity index (χ4v) is 3.44. The van der Waals surface area contributed by atoms with Crippen molar-refractivity contribution in [2.24, 2.45) is 0 Å². The van der Waals surface area contributed by atoms with Gasteiger partial charge in [0.05, 0.1) is 16.1 Å². The third-order valence-corrected chi connectivity index (χ3v) is 4.68. The van der Waals surface area contributed by atoms with E-state index in [1.54, 1.807) is 0 Å². The minimum absolute atomic E-state index is 0.549. The highest BCUT2D eigenvalue weighted by molar-refractivity contribution is 6.35. The molecule has 1 saturated carbocycles. The molecule has 3 rings (SSSR count). The Balaban J connectivity index is 1.78. The fraction of sp³-hybridized carbons (Fsp3) is 0.533. The SMILES string of the molecule is CN(CCn1c(N)nc2cccc(Cl)c21)C1CCCC1. The van der Waals surface area contributed by atoms with Gasteiger partial charge in [-0.25, -0.2) is 4.98 Å². The third kappa shape index (κ3) is 2.50. The summed E-state index contributed by atoms with van der Waals surface area (Å²) >= 11 is 6.29. The molecule has 1 fully saturated rings. The van der Waals surface area contributed by atoms with Gasteiger partial charge in [-0.15, -0.1) is 0 Å². The van der Waals surface area contributed by atoms with Crippen LogP contribution in [0.1, 0.15) is 25.7 Å². The van der Waals surface area contributed by atoms with E-state index in [0.717, 1.165) is 35.2 Å². The molecule has 0 amide bonds. The molecule has 1 aromatic heterocycles. The van der Waals surface area contributed by atoms with E-state index >= 15 is 0 Å². The van der Waals surface area contributed by atoms with Crippen LogP contribution in [0.25, 0.3) is 11.0 Å². The van der Waals surface area contributed by atoms with E-state index in [0.29, 0.717) is 5.95 Å². The van der Waals surface area contributed by atoms with Gasteiger partial charge in [0.25, 0.3) is 0 Å². The first-order chi connectivity index (χ1) is 9.66. The molecule has 1 aliphatic carbocycles. The first-order valence-corrected chi connectivity index (χ1v) is 7.65. The number of rotatable bonds is 4. The van der Waals surface area contributed by atoms with Crippen molar-refractivity contribution in [3.8, 4) is 0 Å². The molecule has 0 bridgehead atoms. The van der Waals surface area contributed by atoms with Crippen LogP contribution in [-0.4, -0.2) is 34.1 Å². The lowest BCUT2D eigenvalue weighted by atomic mass is 10.2. The molecule has 0 aliphatic heterocycles. The number of aromatic nitrogens is 2. The normalized spacial score (nSPS) is 16.6. The summed E-state index contributed by atoms with van der Waals surface area (Å²) in [7, 11) is 2.20. The lowest BCUT2D eigenvalue weighted by Gasteiger charge is -2.24. The number of para-hydroxylation sites is 1. The Kier molecular flexibility index (Phi) is 3.85. The molecule has 0 radical (unpaired) electrons. The zero-order valence-electron chi connectivity index (χ0n) is 11.8. The summed E-state index contributed by atoms with van der Waals surface area (Å²) in [6, 6.07) is 6.48. The molecule has 2 aromatic rings. The monoisotopic (exact) mass is 292 g/mol. The maximum Gasteiger partial charge on any atom is 0.201 e. The summed E-state index contributed by atoms with van der Waals surface area (Å²) in [6.45, 7) is 1.81. The first kappa shape index (κ1) is 13.7. The van der Waals surface area contributed by atoms with Gasteiger partial charge < -0.3 is 15.2 Å². The standard InChI is InChI=1S/C15H21ClN4/c1-19(11-5-2-3-6-11)9-10-20-14-12(16)7-4-8-13(14)18-15(20)17/h4,7-8,11H,2-3,5-6,9-10H2,1H3,(H2,17,18). The Hall–Kier alpha value is -1.26. The van der Waals surface area contributed by atoms with Gasteiger partial charge in [-0.1, -0.05) is 30.5 Å². The third-order valence-electron chi connectivity index (χ3n) is 4.37. The van der Waals surface area contributed by atoms with Gasteiger partial charge >= 0.3 is 0 Å². The van der Waals surface area contributed by atoms with Crippen LogP contribution in [0.4, 0.5) is 5.95 Å².